The first-order chi connectivity index (χ1) is 11.6. The minimum atomic E-state index is -0.624. The van der Waals surface area contributed by atoms with Gasteiger partial charge in [0.2, 0.25) is 5.91 Å². The third-order valence-electron chi connectivity index (χ3n) is 5.27. The predicted octanol–water partition coefficient (Wildman–Crippen LogP) is 2.67. The van der Waals surface area contributed by atoms with Gasteiger partial charge in [0.05, 0.1) is 0 Å². The van der Waals surface area contributed by atoms with E-state index >= 15 is 0 Å². The highest BCUT2D eigenvalue weighted by Crippen LogP contribution is 2.40. The molecule has 24 heavy (non-hydrogen) atoms. The molecule has 1 aromatic rings. The maximum absolute atomic E-state index is 12.6. The predicted molar refractivity (Wildman–Crippen MR) is 93.4 cm³/mol. The van der Waals surface area contributed by atoms with Gasteiger partial charge in [-0.3, -0.25) is 4.79 Å². The minimum Gasteiger partial charge on any atom is -0.352 e. The first kappa shape index (κ1) is 16.8. The molecular formula is C19H27N3O2. The van der Waals surface area contributed by atoms with Crippen LogP contribution in [0.5, 0.6) is 0 Å². The maximum Gasteiger partial charge on any atom is 0.312 e. The molecule has 5 heteroatoms. The first-order valence-electron chi connectivity index (χ1n) is 9.05. The van der Waals surface area contributed by atoms with Gasteiger partial charge in [-0.05, 0) is 24.3 Å². The summed E-state index contributed by atoms with van der Waals surface area (Å²) in [5, 5.41) is 5.73. The van der Waals surface area contributed by atoms with Crippen LogP contribution >= 0.6 is 0 Å². The van der Waals surface area contributed by atoms with E-state index in [1.807, 2.05) is 18.2 Å². The standard InChI is InChI=1S/C19H27N3O2/c20-19(24)22-17(11-13-7-3-1-4-8-13)18(23)21-16-12-15(16)14-9-5-2-6-10-14/h2,5-6,9-10,13,15-17H,1,3-4,7-8,11-12H2,(H,21,23)(H3,20,22,24)/t15?,16-,17-/m1/s1. The second kappa shape index (κ2) is 7.69. The molecule has 0 radical (unpaired) electrons. The molecule has 4 N–H and O–H groups in total. The van der Waals surface area contributed by atoms with Crippen molar-refractivity contribution in [3.63, 3.8) is 0 Å². The van der Waals surface area contributed by atoms with E-state index in [4.69, 9.17) is 5.73 Å². The van der Waals surface area contributed by atoms with Crippen LogP contribution in [-0.4, -0.2) is 24.0 Å². The molecular weight excluding hydrogens is 302 g/mol. The van der Waals surface area contributed by atoms with E-state index in [9.17, 15) is 9.59 Å². The number of nitrogens with one attached hydrogen (secondary N) is 2. The van der Waals surface area contributed by atoms with E-state index in [0.717, 1.165) is 19.3 Å². The van der Waals surface area contributed by atoms with Crippen LogP contribution in [-0.2, 0) is 4.79 Å². The van der Waals surface area contributed by atoms with Crippen molar-refractivity contribution in [1.82, 2.24) is 10.6 Å². The summed E-state index contributed by atoms with van der Waals surface area (Å²) in [7, 11) is 0. The van der Waals surface area contributed by atoms with Crippen molar-refractivity contribution in [3.8, 4) is 0 Å². The molecule has 130 valence electrons. The van der Waals surface area contributed by atoms with Gasteiger partial charge in [0.25, 0.3) is 0 Å². The van der Waals surface area contributed by atoms with Crippen LogP contribution in [0.2, 0.25) is 0 Å². The maximum atomic E-state index is 12.6. The fraction of sp³-hybridized carbons (Fsp3) is 0.579. The molecule has 0 aromatic heterocycles. The van der Waals surface area contributed by atoms with E-state index in [1.165, 1.54) is 24.8 Å². The largest absolute Gasteiger partial charge is 0.352 e. The molecule has 2 aliphatic rings. The summed E-state index contributed by atoms with van der Waals surface area (Å²) in [6, 6.07) is 9.26. The third kappa shape index (κ3) is 4.49. The lowest BCUT2D eigenvalue weighted by Gasteiger charge is -2.26. The van der Waals surface area contributed by atoms with E-state index in [2.05, 4.69) is 22.8 Å². The van der Waals surface area contributed by atoms with Crippen molar-refractivity contribution >= 4 is 11.9 Å². The first-order valence-corrected chi connectivity index (χ1v) is 9.05. The van der Waals surface area contributed by atoms with Crippen molar-refractivity contribution in [1.29, 1.82) is 0 Å². The summed E-state index contributed by atoms with van der Waals surface area (Å²) in [6.45, 7) is 0. The zero-order chi connectivity index (χ0) is 16.9. The van der Waals surface area contributed by atoms with Gasteiger partial charge < -0.3 is 16.4 Å². The number of urea groups is 1. The summed E-state index contributed by atoms with van der Waals surface area (Å²) in [4.78, 5) is 23.9. The van der Waals surface area contributed by atoms with Crippen molar-refractivity contribution < 1.29 is 9.59 Å². The Morgan fingerprint density at radius 2 is 1.83 bits per heavy atom. The Kier molecular flexibility index (Phi) is 5.38. The molecule has 3 rings (SSSR count). The lowest BCUT2D eigenvalue weighted by Crippen LogP contribution is -2.50. The molecule has 2 aliphatic carbocycles. The summed E-state index contributed by atoms with van der Waals surface area (Å²) in [6.07, 6.45) is 7.64. The number of amides is 3. The Balaban J connectivity index is 1.54. The molecule has 0 spiro atoms. The molecule has 0 heterocycles. The highest BCUT2D eigenvalue weighted by Gasteiger charge is 2.40. The second-order valence-electron chi connectivity index (χ2n) is 7.17. The van der Waals surface area contributed by atoms with Gasteiger partial charge in [-0.25, -0.2) is 4.79 Å². The SMILES string of the molecule is NC(=O)N[C@H](CC1CCCCC1)C(=O)N[C@@H]1CC1c1ccccc1. The Morgan fingerprint density at radius 3 is 2.50 bits per heavy atom. The number of benzene rings is 1. The average Bonchev–Trinajstić information content (AvgIpc) is 3.35. The highest BCUT2D eigenvalue weighted by atomic mass is 16.2. The van der Waals surface area contributed by atoms with Gasteiger partial charge in [-0.2, -0.15) is 0 Å². The van der Waals surface area contributed by atoms with Gasteiger partial charge in [0.15, 0.2) is 0 Å². The summed E-state index contributed by atoms with van der Waals surface area (Å²) >= 11 is 0. The van der Waals surface area contributed by atoms with Crippen LogP contribution in [0, 0.1) is 5.92 Å². The molecule has 3 amide bonds. The lowest BCUT2D eigenvalue weighted by molar-refractivity contribution is -0.123. The number of hydrogen-bond acceptors (Lipinski definition) is 2. The molecule has 5 nitrogen and oxygen atoms in total. The van der Waals surface area contributed by atoms with E-state index < -0.39 is 12.1 Å². The fourth-order valence-electron chi connectivity index (χ4n) is 3.87. The molecule has 2 fully saturated rings. The Morgan fingerprint density at radius 1 is 1.12 bits per heavy atom. The highest BCUT2D eigenvalue weighted by molar-refractivity contribution is 5.87. The second-order valence-corrected chi connectivity index (χ2v) is 7.17. The number of carbonyl (C=O) groups excluding carboxylic acids is 2. The number of carbonyl (C=O) groups is 2. The zero-order valence-electron chi connectivity index (χ0n) is 14.0. The van der Waals surface area contributed by atoms with E-state index in [0.29, 0.717) is 18.3 Å². The number of primary amides is 1. The van der Waals surface area contributed by atoms with Crippen LogP contribution in [0.3, 0.4) is 0 Å². The summed E-state index contributed by atoms with van der Waals surface area (Å²) < 4.78 is 0. The van der Waals surface area contributed by atoms with Crippen LogP contribution in [0.4, 0.5) is 4.79 Å². The fourth-order valence-corrected chi connectivity index (χ4v) is 3.87. The zero-order valence-corrected chi connectivity index (χ0v) is 14.0. The van der Waals surface area contributed by atoms with Crippen molar-refractivity contribution in [2.45, 2.75) is 62.9 Å². The van der Waals surface area contributed by atoms with Gasteiger partial charge >= 0.3 is 6.03 Å². The summed E-state index contributed by atoms with van der Waals surface area (Å²) in [5.74, 6) is 0.798. The van der Waals surface area contributed by atoms with Crippen molar-refractivity contribution in [2.75, 3.05) is 0 Å². The van der Waals surface area contributed by atoms with E-state index in [-0.39, 0.29) is 11.9 Å². The third-order valence-corrected chi connectivity index (χ3v) is 5.27. The van der Waals surface area contributed by atoms with Gasteiger partial charge in [0.1, 0.15) is 6.04 Å². The van der Waals surface area contributed by atoms with Gasteiger partial charge in [0, 0.05) is 12.0 Å². The smallest absolute Gasteiger partial charge is 0.312 e. The molecule has 2 saturated carbocycles. The molecule has 0 aliphatic heterocycles. The number of rotatable bonds is 6. The van der Waals surface area contributed by atoms with Crippen LogP contribution in [0.1, 0.15) is 56.4 Å². The summed E-state index contributed by atoms with van der Waals surface area (Å²) in [5.41, 5.74) is 6.53. The Labute approximate surface area is 143 Å². The van der Waals surface area contributed by atoms with Crippen LogP contribution in [0.15, 0.2) is 30.3 Å². The molecule has 1 aromatic carbocycles. The number of hydrogen-bond donors (Lipinski definition) is 3. The monoisotopic (exact) mass is 329 g/mol. The minimum absolute atomic E-state index is 0.0946. The normalized spacial score (nSPS) is 24.8. The Hall–Kier alpha value is -2.04. The van der Waals surface area contributed by atoms with Gasteiger partial charge in [-0.15, -0.1) is 0 Å². The molecule has 0 saturated heterocycles. The van der Waals surface area contributed by atoms with Crippen LogP contribution in [0.25, 0.3) is 0 Å². The number of nitrogens with two attached hydrogens (primary N) is 1. The lowest BCUT2D eigenvalue weighted by atomic mass is 9.84. The van der Waals surface area contributed by atoms with E-state index in [1.54, 1.807) is 0 Å². The van der Waals surface area contributed by atoms with Crippen LogP contribution < -0.4 is 16.4 Å². The van der Waals surface area contributed by atoms with Crippen molar-refractivity contribution in [3.05, 3.63) is 35.9 Å². The topological polar surface area (TPSA) is 84.2 Å². The Bertz CT molecular complexity index is 569. The average molecular weight is 329 g/mol. The molecule has 1 unspecified atom stereocenters. The van der Waals surface area contributed by atoms with Gasteiger partial charge in [-0.1, -0.05) is 62.4 Å². The van der Waals surface area contributed by atoms with Crippen molar-refractivity contribution in [2.24, 2.45) is 11.7 Å². The quantitative estimate of drug-likeness (QED) is 0.749. The molecule has 0 bridgehead atoms. The molecule has 3 atom stereocenters.